The first kappa shape index (κ1) is 16.6. The van der Waals surface area contributed by atoms with E-state index in [0.29, 0.717) is 6.54 Å². The van der Waals surface area contributed by atoms with Gasteiger partial charge in [0.1, 0.15) is 0 Å². The van der Waals surface area contributed by atoms with Crippen LogP contribution in [0.3, 0.4) is 0 Å². The van der Waals surface area contributed by atoms with E-state index in [-0.39, 0.29) is 17.7 Å². The minimum Gasteiger partial charge on any atom is -0.384 e. The highest BCUT2D eigenvalue weighted by molar-refractivity contribution is 7.91. The quantitative estimate of drug-likeness (QED) is 0.922. The Morgan fingerprint density at radius 1 is 1.38 bits per heavy atom. The van der Waals surface area contributed by atoms with Crippen LogP contribution in [-0.2, 0) is 22.8 Å². The van der Waals surface area contributed by atoms with Crippen LogP contribution in [0.5, 0.6) is 0 Å². The van der Waals surface area contributed by atoms with E-state index in [4.69, 9.17) is 0 Å². The van der Waals surface area contributed by atoms with Gasteiger partial charge in [0.05, 0.1) is 5.25 Å². The molecule has 0 aromatic heterocycles. The van der Waals surface area contributed by atoms with Crippen molar-refractivity contribution in [1.82, 2.24) is 4.90 Å². The van der Waals surface area contributed by atoms with E-state index >= 15 is 0 Å². The van der Waals surface area contributed by atoms with E-state index < -0.39 is 9.84 Å². The zero-order valence-electron chi connectivity index (χ0n) is 12.3. The van der Waals surface area contributed by atoms with Crippen LogP contribution >= 0.6 is 12.4 Å². The summed E-state index contributed by atoms with van der Waals surface area (Å²) < 4.78 is 23.5. The van der Waals surface area contributed by atoms with Gasteiger partial charge in [0.25, 0.3) is 0 Å². The largest absolute Gasteiger partial charge is 0.384 e. The van der Waals surface area contributed by atoms with E-state index in [9.17, 15) is 8.42 Å². The Kier molecular flexibility index (Phi) is 5.17. The highest BCUT2D eigenvalue weighted by atomic mass is 35.5. The Morgan fingerprint density at radius 2 is 2.19 bits per heavy atom. The van der Waals surface area contributed by atoms with E-state index in [1.807, 2.05) is 0 Å². The second-order valence-electron chi connectivity index (χ2n) is 5.96. The molecular formula is C15H23ClN2O2S. The maximum absolute atomic E-state index is 11.7. The van der Waals surface area contributed by atoms with Gasteiger partial charge in [-0.2, -0.15) is 0 Å². The van der Waals surface area contributed by atoms with Crippen molar-refractivity contribution in [1.29, 1.82) is 0 Å². The summed E-state index contributed by atoms with van der Waals surface area (Å²) in [5, 5.41) is 3.26. The number of nitrogens with one attached hydrogen (secondary N) is 1. The maximum atomic E-state index is 11.7. The molecular weight excluding hydrogens is 308 g/mol. The number of rotatable bonds is 3. The summed E-state index contributed by atoms with van der Waals surface area (Å²) in [6, 6.07) is 6.44. The van der Waals surface area contributed by atoms with Gasteiger partial charge in [-0.1, -0.05) is 18.2 Å². The van der Waals surface area contributed by atoms with Gasteiger partial charge in [0.15, 0.2) is 9.84 Å². The molecule has 0 radical (unpaired) electrons. The Bertz CT molecular complexity index is 604. The lowest BCUT2D eigenvalue weighted by Crippen LogP contribution is -2.41. The molecule has 4 nitrogen and oxygen atoms in total. The lowest BCUT2D eigenvalue weighted by Gasteiger charge is -2.32. The molecule has 1 aromatic carbocycles. The lowest BCUT2D eigenvalue weighted by atomic mass is 10.1. The van der Waals surface area contributed by atoms with E-state index in [1.54, 1.807) is 0 Å². The molecule has 1 atom stereocenters. The third-order valence-corrected chi connectivity index (χ3v) is 5.99. The molecule has 6 heteroatoms. The van der Waals surface area contributed by atoms with Crippen LogP contribution in [-0.4, -0.2) is 44.5 Å². The van der Waals surface area contributed by atoms with Gasteiger partial charge in [-0.25, -0.2) is 8.42 Å². The number of hydrogen-bond donors (Lipinski definition) is 1. The van der Waals surface area contributed by atoms with Crippen molar-refractivity contribution in [3.63, 3.8) is 0 Å². The summed E-state index contributed by atoms with van der Waals surface area (Å²) in [5.41, 5.74) is 3.96. The van der Waals surface area contributed by atoms with Crippen molar-refractivity contribution in [3.05, 3.63) is 29.3 Å². The fraction of sp³-hybridized carbons (Fsp3) is 0.600. The number of anilines is 1. The Balaban J connectivity index is 0.00000161. The van der Waals surface area contributed by atoms with Crippen LogP contribution in [0.25, 0.3) is 0 Å². The second-order valence-corrected chi connectivity index (χ2v) is 8.28. The topological polar surface area (TPSA) is 49.4 Å². The molecule has 0 aliphatic carbocycles. The van der Waals surface area contributed by atoms with Gasteiger partial charge in [-0.15, -0.1) is 12.4 Å². The SMILES string of the molecule is CS(=O)(=O)C1CCCN(Cc2cccc3c2NCC3)C1.Cl. The van der Waals surface area contributed by atoms with Crippen LogP contribution in [0.1, 0.15) is 24.0 Å². The number of likely N-dealkylation sites (tertiary alicyclic amines) is 1. The van der Waals surface area contributed by atoms with Gasteiger partial charge < -0.3 is 5.32 Å². The molecule has 118 valence electrons. The molecule has 0 spiro atoms. The number of fused-ring (bicyclic) bond motifs is 1. The molecule has 1 fully saturated rings. The molecule has 1 unspecified atom stereocenters. The Hall–Kier alpha value is -0.780. The van der Waals surface area contributed by atoms with Crippen molar-refractivity contribution in [3.8, 4) is 0 Å². The van der Waals surface area contributed by atoms with Crippen molar-refractivity contribution in [2.45, 2.75) is 31.1 Å². The summed E-state index contributed by atoms with van der Waals surface area (Å²) in [7, 11) is -2.92. The van der Waals surface area contributed by atoms with Crippen LogP contribution in [0.2, 0.25) is 0 Å². The van der Waals surface area contributed by atoms with Crippen LogP contribution in [0.4, 0.5) is 5.69 Å². The summed E-state index contributed by atoms with van der Waals surface area (Å²) in [5.74, 6) is 0. The highest BCUT2D eigenvalue weighted by Gasteiger charge is 2.28. The van der Waals surface area contributed by atoms with Crippen molar-refractivity contribution in [2.24, 2.45) is 0 Å². The van der Waals surface area contributed by atoms with Gasteiger partial charge in [-0.05, 0) is 36.9 Å². The molecule has 2 heterocycles. The first-order valence-corrected chi connectivity index (χ1v) is 9.25. The number of piperidine rings is 1. The fourth-order valence-electron chi connectivity index (χ4n) is 3.29. The average Bonchev–Trinajstić information content (AvgIpc) is 2.87. The summed E-state index contributed by atoms with van der Waals surface area (Å²) >= 11 is 0. The van der Waals surface area contributed by atoms with Gasteiger partial charge in [0, 0.05) is 31.6 Å². The smallest absolute Gasteiger partial charge is 0.151 e. The molecule has 3 rings (SSSR count). The number of sulfone groups is 1. The molecule has 1 aromatic rings. The molecule has 1 saturated heterocycles. The minimum atomic E-state index is -2.92. The number of para-hydroxylation sites is 1. The third kappa shape index (κ3) is 3.71. The molecule has 21 heavy (non-hydrogen) atoms. The predicted molar refractivity (Wildman–Crippen MR) is 89.0 cm³/mol. The standard InChI is InChI=1S/C15H22N2O2S.ClH/c1-20(18,19)14-6-3-9-17(11-14)10-13-5-2-4-12-7-8-16-15(12)13;/h2,4-5,14,16H,3,6-11H2,1H3;1H. The molecule has 0 amide bonds. The molecule has 2 aliphatic rings. The fourth-order valence-corrected chi connectivity index (χ4v) is 4.37. The summed E-state index contributed by atoms with van der Waals surface area (Å²) in [6.07, 6.45) is 4.23. The number of nitrogens with zero attached hydrogens (tertiary/aromatic N) is 1. The first-order valence-electron chi connectivity index (χ1n) is 7.30. The van der Waals surface area contributed by atoms with Crippen LogP contribution in [0.15, 0.2) is 18.2 Å². The van der Waals surface area contributed by atoms with E-state index in [1.165, 1.54) is 23.1 Å². The van der Waals surface area contributed by atoms with E-state index in [0.717, 1.165) is 38.9 Å². The van der Waals surface area contributed by atoms with Crippen LogP contribution in [0, 0.1) is 0 Å². The lowest BCUT2D eigenvalue weighted by molar-refractivity contribution is 0.223. The molecule has 0 saturated carbocycles. The molecule has 1 N–H and O–H groups in total. The number of halogens is 1. The van der Waals surface area contributed by atoms with Gasteiger partial charge in [-0.3, -0.25) is 4.90 Å². The monoisotopic (exact) mass is 330 g/mol. The Morgan fingerprint density at radius 3 is 2.95 bits per heavy atom. The van der Waals surface area contributed by atoms with Crippen molar-refractivity contribution in [2.75, 3.05) is 31.2 Å². The molecule has 2 aliphatic heterocycles. The summed E-state index contributed by atoms with van der Waals surface area (Å²) in [6.45, 7) is 3.53. The summed E-state index contributed by atoms with van der Waals surface area (Å²) in [4.78, 5) is 2.28. The van der Waals surface area contributed by atoms with Crippen molar-refractivity contribution < 1.29 is 8.42 Å². The maximum Gasteiger partial charge on any atom is 0.151 e. The van der Waals surface area contributed by atoms with Gasteiger partial charge >= 0.3 is 0 Å². The minimum absolute atomic E-state index is 0. The highest BCUT2D eigenvalue weighted by Crippen LogP contribution is 2.28. The van der Waals surface area contributed by atoms with Crippen LogP contribution < -0.4 is 5.32 Å². The Labute approximate surface area is 133 Å². The average molecular weight is 331 g/mol. The van der Waals surface area contributed by atoms with E-state index in [2.05, 4.69) is 28.4 Å². The van der Waals surface area contributed by atoms with Crippen molar-refractivity contribution >= 4 is 27.9 Å². The zero-order chi connectivity index (χ0) is 14.2. The number of hydrogen-bond acceptors (Lipinski definition) is 4. The second kappa shape index (κ2) is 6.55. The molecule has 0 bridgehead atoms. The normalized spacial score (nSPS) is 22.2. The zero-order valence-corrected chi connectivity index (χ0v) is 14.0. The third-order valence-electron chi connectivity index (χ3n) is 4.39. The first-order chi connectivity index (χ1) is 9.54. The number of benzene rings is 1. The van der Waals surface area contributed by atoms with Gasteiger partial charge in [0.2, 0.25) is 0 Å². The predicted octanol–water partition coefficient (Wildman–Crippen LogP) is 2.09.